The van der Waals surface area contributed by atoms with E-state index in [-0.39, 0.29) is 5.57 Å². The van der Waals surface area contributed by atoms with Crippen LogP contribution in [0.3, 0.4) is 0 Å². The van der Waals surface area contributed by atoms with Crippen molar-refractivity contribution in [3.63, 3.8) is 0 Å². The molecule has 0 aromatic heterocycles. The third kappa shape index (κ3) is 6.10. The lowest BCUT2D eigenvalue weighted by molar-refractivity contribution is -0.133. The van der Waals surface area contributed by atoms with Crippen LogP contribution in [0.2, 0.25) is 0 Å². The van der Waals surface area contributed by atoms with E-state index in [9.17, 15) is 9.36 Å². The first kappa shape index (κ1) is 11.9. The van der Waals surface area contributed by atoms with Crippen LogP contribution in [-0.4, -0.2) is 15.8 Å². The molecule has 7 heteroatoms. The van der Waals surface area contributed by atoms with Crippen molar-refractivity contribution in [2.45, 2.75) is 6.92 Å². The summed E-state index contributed by atoms with van der Waals surface area (Å²) in [5.74, 6) is -0.788. The number of phosphoric ester groups is 1. The zero-order valence-electron chi connectivity index (χ0n) is 6.84. The number of esters is 1. The lowest BCUT2D eigenvalue weighted by Crippen LogP contribution is -2.00. The Hall–Kier alpha value is -1.10. The number of phosphoric acid groups is 1. The van der Waals surface area contributed by atoms with Gasteiger partial charge in [-0.25, -0.2) is 9.36 Å². The molecule has 0 heterocycles. The third-order valence-electron chi connectivity index (χ3n) is 0.879. The van der Waals surface area contributed by atoms with Crippen LogP contribution in [0.25, 0.3) is 0 Å². The van der Waals surface area contributed by atoms with Gasteiger partial charge in [-0.3, -0.25) is 9.79 Å². The Morgan fingerprint density at radius 2 is 2.08 bits per heavy atom. The fraction of sp³-hybridized carbons (Fsp3) is 0.167. The van der Waals surface area contributed by atoms with Crippen molar-refractivity contribution in [2.75, 3.05) is 0 Å². The monoisotopic (exact) mass is 208 g/mol. The van der Waals surface area contributed by atoms with E-state index in [1.54, 1.807) is 0 Å². The van der Waals surface area contributed by atoms with E-state index >= 15 is 0 Å². The van der Waals surface area contributed by atoms with Crippen molar-refractivity contribution < 1.29 is 28.4 Å². The van der Waals surface area contributed by atoms with Gasteiger partial charge in [0.05, 0.1) is 11.8 Å². The second-order valence-electron chi connectivity index (χ2n) is 1.97. The standard InChI is InChI=1S/C6H9O6P/c1-3-11-6(7)5(2)4-12-13(8,9)10/h3-4H,1H2,2H3,(H2,8,9,10). The molecule has 13 heavy (non-hydrogen) atoms. The molecule has 2 N–H and O–H groups in total. The van der Waals surface area contributed by atoms with E-state index < -0.39 is 13.8 Å². The van der Waals surface area contributed by atoms with Gasteiger partial charge in [0.1, 0.15) is 6.26 Å². The predicted molar refractivity (Wildman–Crippen MR) is 43.2 cm³/mol. The van der Waals surface area contributed by atoms with Crippen molar-refractivity contribution in [3.8, 4) is 0 Å². The number of hydrogen-bond acceptors (Lipinski definition) is 4. The maximum atomic E-state index is 10.8. The molecule has 0 rings (SSSR count). The molecule has 0 bridgehead atoms. The van der Waals surface area contributed by atoms with Crippen LogP contribution in [-0.2, 0) is 18.6 Å². The summed E-state index contributed by atoms with van der Waals surface area (Å²) >= 11 is 0. The maximum Gasteiger partial charge on any atom is 0.524 e. The van der Waals surface area contributed by atoms with Gasteiger partial charge in [0.25, 0.3) is 0 Å². The lowest BCUT2D eigenvalue weighted by Gasteiger charge is -2.02. The molecule has 6 nitrogen and oxygen atoms in total. The summed E-state index contributed by atoms with van der Waals surface area (Å²) in [6.45, 7) is 4.41. The molecule has 0 aliphatic carbocycles. The summed E-state index contributed by atoms with van der Waals surface area (Å²) in [6, 6.07) is 0. The summed E-state index contributed by atoms with van der Waals surface area (Å²) < 4.78 is 18.4. The van der Waals surface area contributed by atoms with E-state index in [0.717, 1.165) is 6.26 Å². The van der Waals surface area contributed by atoms with Crippen LogP contribution in [0.15, 0.2) is 24.7 Å². The van der Waals surface area contributed by atoms with Crippen LogP contribution in [0, 0.1) is 0 Å². The number of hydrogen-bond donors (Lipinski definition) is 2. The van der Waals surface area contributed by atoms with Crippen LogP contribution >= 0.6 is 7.82 Å². The summed E-state index contributed by atoms with van der Waals surface area (Å²) in [4.78, 5) is 27.3. The highest BCUT2D eigenvalue weighted by Crippen LogP contribution is 2.36. The number of rotatable bonds is 4. The minimum atomic E-state index is -4.59. The fourth-order valence-electron chi connectivity index (χ4n) is 0.364. The van der Waals surface area contributed by atoms with Gasteiger partial charge in [-0.1, -0.05) is 6.58 Å². The van der Waals surface area contributed by atoms with Crippen molar-refractivity contribution in [1.29, 1.82) is 0 Å². The Morgan fingerprint density at radius 3 is 2.46 bits per heavy atom. The molecule has 0 unspecified atom stereocenters. The van der Waals surface area contributed by atoms with E-state index in [4.69, 9.17) is 9.79 Å². The second-order valence-corrected chi connectivity index (χ2v) is 3.16. The smallest absolute Gasteiger partial charge is 0.432 e. The van der Waals surface area contributed by atoms with Gasteiger partial charge in [-0.05, 0) is 6.92 Å². The average Bonchev–Trinajstić information content (AvgIpc) is 1.99. The molecule has 0 amide bonds. The molecule has 0 aliphatic heterocycles. The fourth-order valence-corrected chi connectivity index (χ4v) is 0.660. The Labute approximate surface area is 74.7 Å². The normalized spacial score (nSPS) is 12.1. The quantitative estimate of drug-likeness (QED) is 0.305. The molecule has 0 radical (unpaired) electrons. The van der Waals surface area contributed by atoms with E-state index in [1.807, 2.05) is 0 Å². The number of carbonyl (C=O) groups excluding carboxylic acids is 1. The molecule has 0 saturated heterocycles. The SMILES string of the molecule is C=COC(=O)C(C)=COP(=O)(O)O. The molecule has 0 aliphatic rings. The van der Waals surface area contributed by atoms with Gasteiger partial charge in [-0.15, -0.1) is 0 Å². The van der Waals surface area contributed by atoms with Gasteiger partial charge < -0.3 is 9.26 Å². The van der Waals surface area contributed by atoms with Crippen molar-refractivity contribution in [2.24, 2.45) is 0 Å². The van der Waals surface area contributed by atoms with Gasteiger partial charge in [-0.2, -0.15) is 0 Å². The van der Waals surface area contributed by atoms with E-state index in [1.165, 1.54) is 6.92 Å². The largest absolute Gasteiger partial charge is 0.524 e. The first-order chi connectivity index (χ1) is 5.87. The molecule has 0 spiro atoms. The molecule has 0 aromatic rings. The zero-order chi connectivity index (χ0) is 10.5. The van der Waals surface area contributed by atoms with Crippen molar-refractivity contribution in [3.05, 3.63) is 24.7 Å². The molecule has 0 saturated carbocycles. The minimum absolute atomic E-state index is 0.0803. The number of ether oxygens (including phenoxy) is 1. The molecular weight excluding hydrogens is 199 g/mol. The summed E-state index contributed by atoms with van der Waals surface area (Å²) in [5.41, 5.74) is -0.0803. The predicted octanol–water partition coefficient (Wildman–Crippen LogP) is 0.686. The van der Waals surface area contributed by atoms with Gasteiger partial charge >= 0.3 is 13.8 Å². The first-order valence-corrected chi connectivity index (χ1v) is 4.62. The molecule has 0 fully saturated rings. The Morgan fingerprint density at radius 1 is 1.54 bits per heavy atom. The van der Waals surface area contributed by atoms with Crippen LogP contribution in [0.4, 0.5) is 0 Å². The van der Waals surface area contributed by atoms with Crippen molar-refractivity contribution >= 4 is 13.8 Å². The van der Waals surface area contributed by atoms with Gasteiger partial charge in [0, 0.05) is 0 Å². The number of carbonyl (C=O) groups is 1. The minimum Gasteiger partial charge on any atom is -0.432 e. The summed E-state index contributed by atoms with van der Waals surface area (Å²) in [6.07, 6.45) is 1.53. The molecule has 74 valence electrons. The molecule has 0 aromatic carbocycles. The Kier molecular flexibility index (Phi) is 4.40. The maximum absolute atomic E-state index is 10.8. The lowest BCUT2D eigenvalue weighted by atomic mass is 10.3. The topological polar surface area (TPSA) is 93.1 Å². The zero-order valence-corrected chi connectivity index (χ0v) is 7.73. The first-order valence-electron chi connectivity index (χ1n) is 3.09. The highest BCUT2D eigenvalue weighted by Gasteiger charge is 2.14. The highest BCUT2D eigenvalue weighted by molar-refractivity contribution is 7.46. The van der Waals surface area contributed by atoms with Crippen LogP contribution in [0.5, 0.6) is 0 Å². The van der Waals surface area contributed by atoms with Gasteiger partial charge in [0.15, 0.2) is 0 Å². The average molecular weight is 208 g/mol. The third-order valence-corrected chi connectivity index (χ3v) is 1.26. The van der Waals surface area contributed by atoms with Crippen LogP contribution in [0.1, 0.15) is 6.92 Å². The van der Waals surface area contributed by atoms with Crippen molar-refractivity contribution in [1.82, 2.24) is 0 Å². The van der Waals surface area contributed by atoms with E-state index in [0.29, 0.717) is 6.26 Å². The molecule has 0 atom stereocenters. The highest BCUT2D eigenvalue weighted by atomic mass is 31.2. The Bertz CT molecular complexity index is 275. The van der Waals surface area contributed by atoms with E-state index in [2.05, 4.69) is 15.8 Å². The summed E-state index contributed by atoms with van der Waals surface area (Å²) in [7, 11) is -4.59. The summed E-state index contributed by atoms with van der Waals surface area (Å²) in [5, 5.41) is 0. The molecular formula is C6H9O6P. The second kappa shape index (κ2) is 4.81. The van der Waals surface area contributed by atoms with Gasteiger partial charge in [0.2, 0.25) is 0 Å². The Balaban J connectivity index is 4.25. The van der Waals surface area contributed by atoms with Crippen LogP contribution < -0.4 is 0 Å².